The summed E-state index contributed by atoms with van der Waals surface area (Å²) < 4.78 is 6.67. The molecule has 0 atom stereocenters. The zero-order valence-electron chi connectivity index (χ0n) is 11.8. The lowest BCUT2D eigenvalue weighted by Crippen LogP contribution is -2.59. The van der Waals surface area contributed by atoms with Crippen LogP contribution in [0, 0.1) is 0 Å². The number of anilines is 1. The normalized spacial score (nSPS) is 16.5. The number of ether oxygens (including phenoxy) is 1. The van der Waals surface area contributed by atoms with Crippen LogP contribution in [0.25, 0.3) is 10.8 Å². The summed E-state index contributed by atoms with van der Waals surface area (Å²) in [5.41, 5.74) is 0.586. The van der Waals surface area contributed by atoms with Gasteiger partial charge in [-0.1, -0.05) is 28.1 Å². The maximum Gasteiger partial charge on any atom is 0.250 e. The fourth-order valence-electron chi connectivity index (χ4n) is 2.31. The van der Waals surface area contributed by atoms with E-state index in [2.05, 4.69) is 32.6 Å². The van der Waals surface area contributed by atoms with E-state index in [-0.39, 0.29) is 18.1 Å². The molecule has 1 aliphatic heterocycles. The van der Waals surface area contributed by atoms with Crippen LogP contribution < -0.4 is 10.6 Å². The Kier molecular flexibility index (Phi) is 3.97. The van der Waals surface area contributed by atoms with Gasteiger partial charge in [0.05, 0.1) is 5.60 Å². The van der Waals surface area contributed by atoms with Gasteiger partial charge in [0.15, 0.2) is 0 Å². The quantitative estimate of drug-likeness (QED) is 0.893. The van der Waals surface area contributed by atoms with E-state index in [4.69, 9.17) is 4.74 Å². The van der Waals surface area contributed by atoms with Crippen LogP contribution in [-0.2, 0) is 9.53 Å². The van der Waals surface area contributed by atoms with Gasteiger partial charge in [0.1, 0.15) is 6.61 Å². The smallest absolute Gasteiger partial charge is 0.250 e. The van der Waals surface area contributed by atoms with Gasteiger partial charge >= 0.3 is 0 Å². The minimum absolute atomic E-state index is 0.0799. The van der Waals surface area contributed by atoms with Crippen molar-refractivity contribution in [2.75, 3.05) is 25.0 Å². The second kappa shape index (κ2) is 5.75. The lowest BCUT2D eigenvalue weighted by Gasteiger charge is -2.38. The molecule has 0 radical (unpaired) electrons. The molecule has 1 aliphatic rings. The standard InChI is InChI=1S/C16H17BrN2O2/c1-16(9-18-10-16)21-8-15(20)19-14-5-3-11-6-13(17)4-2-12(11)7-14/h2-7,18H,8-10H2,1H3,(H,19,20). The highest BCUT2D eigenvalue weighted by molar-refractivity contribution is 9.10. The molecule has 4 nitrogen and oxygen atoms in total. The van der Waals surface area contributed by atoms with Crippen LogP contribution >= 0.6 is 15.9 Å². The van der Waals surface area contributed by atoms with Gasteiger partial charge in [0.2, 0.25) is 5.91 Å². The molecule has 2 aromatic rings. The molecular weight excluding hydrogens is 332 g/mol. The Labute approximate surface area is 132 Å². The summed E-state index contributed by atoms with van der Waals surface area (Å²) >= 11 is 3.45. The van der Waals surface area contributed by atoms with E-state index >= 15 is 0 Å². The van der Waals surface area contributed by atoms with Crippen LogP contribution in [0.4, 0.5) is 5.69 Å². The van der Waals surface area contributed by atoms with Gasteiger partial charge in [0, 0.05) is 23.2 Å². The number of hydrogen-bond acceptors (Lipinski definition) is 3. The molecule has 5 heteroatoms. The Morgan fingerprint density at radius 1 is 1.29 bits per heavy atom. The number of carbonyl (C=O) groups is 1. The van der Waals surface area contributed by atoms with E-state index in [0.717, 1.165) is 34.0 Å². The summed E-state index contributed by atoms with van der Waals surface area (Å²) in [5.74, 6) is -0.125. The number of benzene rings is 2. The van der Waals surface area contributed by atoms with Crippen molar-refractivity contribution in [1.82, 2.24) is 5.32 Å². The Hall–Kier alpha value is -1.43. The van der Waals surface area contributed by atoms with E-state index in [1.54, 1.807) is 0 Å². The zero-order chi connectivity index (χ0) is 14.9. The van der Waals surface area contributed by atoms with Crippen molar-refractivity contribution in [1.29, 1.82) is 0 Å². The van der Waals surface area contributed by atoms with E-state index in [0.29, 0.717) is 0 Å². The van der Waals surface area contributed by atoms with Gasteiger partial charge < -0.3 is 15.4 Å². The summed E-state index contributed by atoms with van der Waals surface area (Å²) in [6.45, 7) is 3.68. The summed E-state index contributed by atoms with van der Waals surface area (Å²) in [5, 5.41) is 8.23. The van der Waals surface area contributed by atoms with E-state index < -0.39 is 0 Å². The molecule has 1 saturated heterocycles. The molecule has 0 unspecified atom stereocenters. The first-order valence-corrected chi connectivity index (χ1v) is 7.67. The average molecular weight is 349 g/mol. The third-order valence-corrected chi connectivity index (χ3v) is 4.13. The fraction of sp³-hybridized carbons (Fsp3) is 0.312. The molecule has 2 aromatic carbocycles. The van der Waals surface area contributed by atoms with Gasteiger partial charge in [-0.15, -0.1) is 0 Å². The van der Waals surface area contributed by atoms with Crippen LogP contribution in [0.2, 0.25) is 0 Å². The maximum atomic E-state index is 11.9. The molecule has 0 saturated carbocycles. The van der Waals surface area contributed by atoms with Gasteiger partial charge in [0.25, 0.3) is 0 Å². The molecule has 0 bridgehead atoms. The van der Waals surface area contributed by atoms with Gasteiger partial charge in [-0.05, 0) is 42.0 Å². The van der Waals surface area contributed by atoms with Crippen LogP contribution in [0.5, 0.6) is 0 Å². The number of rotatable bonds is 4. The Balaban J connectivity index is 1.64. The number of halogens is 1. The summed E-state index contributed by atoms with van der Waals surface area (Å²) in [6.07, 6.45) is 0. The lowest BCUT2D eigenvalue weighted by molar-refractivity contribution is -0.130. The van der Waals surface area contributed by atoms with Crippen molar-refractivity contribution >= 4 is 38.3 Å². The van der Waals surface area contributed by atoms with Crippen molar-refractivity contribution in [2.24, 2.45) is 0 Å². The third-order valence-electron chi connectivity index (χ3n) is 3.64. The first kappa shape index (κ1) is 14.5. The number of nitrogens with one attached hydrogen (secondary N) is 2. The second-order valence-electron chi connectivity index (χ2n) is 5.60. The van der Waals surface area contributed by atoms with Crippen molar-refractivity contribution < 1.29 is 9.53 Å². The maximum absolute atomic E-state index is 11.9. The van der Waals surface area contributed by atoms with Crippen LogP contribution in [0.3, 0.4) is 0 Å². The molecular formula is C16H17BrN2O2. The van der Waals surface area contributed by atoms with Crippen molar-refractivity contribution in [3.63, 3.8) is 0 Å². The number of fused-ring (bicyclic) bond motifs is 1. The van der Waals surface area contributed by atoms with E-state index in [1.165, 1.54) is 0 Å². The number of carbonyl (C=O) groups excluding carboxylic acids is 1. The second-order valence-corrected chi connectivity index (χ2v) is 6.51. The summed E-state index contributed by atoms with van der Waals surface area (Å²) in [6, 6.07) is 11.9. The summed E-state index contributed by atoms with van der Waals surface area (Å²) in [7, 11) is 0. The molecule has 110 valence electrons. The molecule has 1 heterocycles. The van der Waals surface area contributed by atoms with Crippen molar-refractivity contribution in [2.45, 2.75) is 12.5 Å². The minimum Gasteiger partial charge on any atom is -0.363 e. The van der Waals surface area contributed by atoms with E-state index in [9.17, 15) is 4.79 Å². The molecule has 3 rings (SSSR count). The highest BCUT2D eigenvalue weighted by Gasteiger charge is 2.32. The Morgan fingerprint density at radius 2 is 2.00 bits per heavy atom. The van der Waals surface area contributed by atoms with Gasteiger partial charge in [-0.25, -0.2) is 0 Å². The van der Waals surface area contributed by atoms with Crippen molar-refractivity contribution in [3.8, 4) is 0 Å². The molecule has 1 amide bonds. The van der Waals surface area contributed by atoms with Gasteiger partial charge in [-0.3, -0.25) is 4.79 Å². The van der Waals surface area contributed by atoms with E-state index in [1.807, 2.05) is 37.3 Å². The molecule has 21 heavy (non-hydrogen) atoms. The Morgan fingerprint density at radius 3 is 2.71 bits per heavy atom. The average Bonchev–Trinajstić information content (AvgIpc) is 2.43. The minimum atomic E-state index is -0.201. The predicted octanol–water partition coefficient (Wildman–Crippen LogP) is 2.92. The van der Waals surface area contributed by atoms with Crippen LogP contribution in [0.15, 0.2) is 40.9 Å². The number of hydrogen-bond donors (Lipinski definition) is 2. The molecule has 0 spiro atoms. The zero-order valence-corrected chi connectivity index (χ0v) is 13.4. The Bertz CT molecular complexity index is 683. The first-order chi connectivity index (χ1) is 10.0. The van der Waals surface area contributed by atoms with Crippen LogP contribution in [0.1, 0.15) is 6.92 Å². The summed E-state index contributed by atoms with van der Waals surface area (Å²) in [4.78, 5) is 11.9. The molecule has 2 N–H and O–H groups in total. The monoisotopic (exact) mass is 348 g/mol. The topological polar surface area (TPSA) is 50.4 Å². The highest BCUT2D eigenvalue weighted by Crippen LogP contribution is 2.23. The van der Waals surface area contributed by atoms with Crippen LogP contribution in [-0.4, -0.2) is 31.2 Å². The lowest BCUT2D eigenvalue weighted by atomic mass is 10.0. The predicted molar refractivity (Wildman–Crippen MR) is 87.5 cm³/mol. The molecule has 0 aromatic heterocycles. The molecule has 0 aliphatic carbocycles. The van der Waals surface area contributed by atoms with Gasteiger partial charge in [-0.2, -0.15) is 0 Å². The number of amides is 1. The largest absolute Gasteiger partial charge is 0.363 e. The first-order valence-electron chi connectivity index (χ1n) is 6.88. The fourth-order valence-corrected chi connectivity index (χ4v) is 2.69. The highest BCUT2D eigenvalue weighted by atomic mass is 79.9. The molecule has 1 fully saturated rings. The van der Waals surface area contributed by atoms with Crippen molar-refractivity contribution in [3.05, 3.63) is 40.9 Å². The SMILES string of the molecule is CC1(OCC(=O)Nc2ccc3cc(Br)ccc3c2)CNC1. The third kappa shape index (κ3) is 3.43.